The number of hydrogen-bond donors (Lipinski definition) is 2. The van der Waals surface area contributed by atoms with E-state index in [4.69, 9.17) is 9.57 Å². The second kappa shape index (κ2) is 10.1. The van der Waals surface area contributed by atoms with Gasteiger partial charge in [0.1, 0.15) is 0 Å². The monoisotopic (exact) mass is 532 g/mol. The van der Waals surface area contributed by atoms with Crippen LogP contribution in [0.15, 0.2) is 42.5 Å². The van der Waals surface area contributed by atoms with Crippen molar-refractivity contribution in [1.29, 1.82) is 0 Å². The van der Waals surface area contributed by atoms with E-state index in [9.17, 15) is 31.1 Å². The molecule has 3 unspecified atom stereocenters. The van der Waals surface area contributed by atoms with Crippen LogP contribution in [-0.4, -0.2) is 30.2 Å². The Morgan fingerprint density at radius 1 is 1.03 bits per heavy atom. The number of halogens is 6. The predicted octanol–water partition coefficient (Wildman–Crippen LogP) is 5.88. The quantitative estimate of drug-likeness (QED) is 0.464. The van der Waals surface area contributed by atoms with Gasteiger partial charge in [0.25, 0.3) is 0 Å². The van der Waals surface area contributed by atoms with Crippen LogP contribution in [0, 0.1) is 11.8 Å². The third-order valence-corrected chi connectivity index (χ3v) is 7.74. The van der Waals surface area contributed by atoms with Crippen LogP contribution >= 0.6 is 0 Å². The summed E-state index contributed by atoms with van der Waals surface area (Å²) in [6.45, 7) is 4.02. The summed E-state index contributed by atoms with van der Waals surface area (Å²) in [5.41, 5.74) is -1.13. The number of alkyl halides is 6. The van der Waals surface area contributed by atoms with Crippen molar-refractivity contribution in [2.45, 2.75) is 69.1 Å². The summed E-state index contributed by atoms with van der Waals surface area (Å²) in [5.74, 6) is -0.235. The number of carbonyl (C=O) groups is 1. The van der Waals surface area contributed by atoms with E-state index in [0.717, 1.165) is 0 Å². The Labute approximate surface area is 211 Å². The molecule has 3 aliphatic rings. The molecule has 2 N–H and O–H groups in total. The third kappa shape index (κ3) is 6.04. The highest BCUT2D eigenvalue weighted by molar-refractivity contribution is 5.70. The van der Waals surface area contributed by atoms with Crippen molar-refractivity contribution in [3.05, 3.63) is 59.2 Å². The molecular weight excluding hydrogens is 502 g/mol. The molecular formula is C26H30F6N2O3. The zero-order valence-corrected chi connectivity index (χ0v) is 20.5. The number of benzene rings is 1. The van der Waals surface area contributed by atoms with Crippen molar-refractivity contribution < 1.29 is 40.7 Å². The molecule has 2 heterocycles. The number of carbonyl (C=O) groups excluding carboxylic acids is 1. The maximum Gasteiger partial charge on any atom is 0.416 e. The number of ether oxygens (including phenoxy) is 1. The second-order valence-corrected chi connectivity index (χ2v) is 10.3. The molecule has 5 nitrogen and oxygen atoms in total. The number of piperidine rings is 1. The van der Waals surface area contributed by atoms with Gasteiger partial charge in [0.05, 0.1) is 29.4 Å². The topological polar surface area (TPSA) is 59.6 Å². The van der Waals surface area contributed by atoms with Gasteiger partial charge in [-0.05, 0) is 55.9 Å². The number of allylic oxidation sites excluding steroid dienone is 3. The van der Waals surface area contributed by atoms with E-state index in [1.54, 1.807) is 0 Å². The molecule has 0 bridgehead atoms. The zero-order valence-electron chi connectivity index (χ0n) is 20.5. The lowest BCUT2D eigenvalue weighted by atomic mass is 9.67. The molecule has 204 valence electrons. The second-order valence-electron chi connectivity index (χ2n) is 10.3. The molecule has 5 atom stereocenters. The van der Waals surface area contributed by atoms with E-state index in [-0.39, 0.29) is 42.5 Å². The normalized spacial score (nSPS) is 31.4. The van der Waals surface area contributed by atoms with Gasteiger partial charge in [-0.25, -0.2) is 0 Å². The van der Waals surface area contributed by atoms with Gasteiger partial charge in [0.2, 0.25) is 0 Å². The standard InChI is InChI=1S/C26H30F6N2O3/c1-16-5-3-4-6-21(16)24(10-9-23(14-33-24)8-7-22(35)37-34-23)15-36-17(2)18-11-19(25(27,28)29)13-20(12-18)26(30,31)32/h3-6,11-13,16-17,21,33-34H,7-10,14-15H2,1-2H3/t16?,17-,21?,23?,24-/m1/s1. The fourth-order valence-electron chi connectivity index (χ4n) is 5.39. The van der Waals surface area contributed by atoms with Crippen LogP contribution in [0.4, 0.5) is 26.3 Å². The van der Waals surface area contributed by atoms with Crippen LogP contribution in [0.3, 0.4) is 0 Å². The van der Waals surface area contributed by atoms with Gasteiger partial charge in [0, 0.05) is 24.4 Å². The highest BCUT2D eigenvalue weighted by Crippen LogP contribution is 2.42. The van der Waals surface area contributed by atoms with E-state index < -0.39 is 40.7 Å². The number of hydroxylamine groups is 1. The van der Waals surface area contributed by atoms with Gasteiger partial charge in [-0.3, -0.25) is 4.79 Å². The SMILES string of the molecule is CC1C=CC=CC1[C@]1(CO[C@H](C)c2cc(C(F)(F)F)cc(C(F)(F)F)c2)CCC2(CCC(=O)ON2)CN1. The molecule has 1 aliphatic carbocycles. The van der Waals surface area contributed by atoms with Gasteiger partial charge < -0.3 is 14.9 Å². The van der Waals surface area contributed by atoms with Crippen LogP contribution in [0.2, 0.25) is 0 Å². The summed E-state index contributed by atoms with van der Waals surface area (Å²) in [5, 5.41) is 3.56. The summed E-state index contributed by atoms with van der Waals surface area (Å²) in [7, 11) is 0. The van der Waals surface area contributed by atoms with Crippen molar-refractivity contribution in [3.8, 4) is 0 Å². The van der Waals surface area contributed by atoms with Crippen LogP contribution in [0.5, 0.6) is 0 Å². The fraction of sp³-hybridized carbons (Fsp3) is 0.577. The number of rotatable bonds is 5. The largest absolute Gasteiger partial charge is 0.416 e. The minimum absolute atomic E-state index is 0.0274. The molecule has 0 radical (unpaired) electrons. The Morgan fingerprint density at radius 2 is 1.68 bits per heavy atom. The fourth-order valence-corrected chi connectivity index (χ4v) is 5.39. The van der Waals surface area contributed by atoms with Crippen molar-refractivity contribution in [2.24, 2.45) is 11.8 Å². The first-order valence-corrected chi connectivity index (χ1v) is 12.2. The summed E-state index contributed by atoms with van der Waals surface area (Å²) < 4.78 is 86.2. The maximum absolute atomic E-state index is 13.4. The predicted molar refractivity (Wildman–Crippen MR) is 123 cm³/mol. The molecule has 0 saturated carbocycles. The van der Waals surface area contributed by atoms with Crippen LogP contribution < -0.4 is 10.8 Å². The Balaban J connectivity index is 1.57. The van der Waals surface area contributed by atoms with Gasteiger partial charge in [-0.15, -0.1) is 5.48 Å². The van der Waals surface area contributed by atoms with Gasteiger partial charge in [0.15, 0.2) is 0 Å². The van der Waals surface area contributed by atoms with Crippen LogP contribution in [0.1, 0.15) is 62.3 Å². The highest BCUT2D eigenvalue weighted by Gasteiger charge is 2.49. The minimum Gasteiger partial charge on any atom is -0.372 e. The van der Waals surface area contributed by atoms with E-state index >= 15 is 0 Å². The van der Waals surface area contributed by atoms with Crippen molar-refractivity contribution in [3.63, 3.8) is 0 Å². The Hall–Kier alpha value is -2.37. The lowest BCUT2D eigenvalue weighted by Crippen LogP contribution is -2.68. The Morgan fingerprint density at radius 3 is 2.19 bits per heavy atom. The molecule has 2 saturated heterocycles. The van der Waals surface area contributed by atoms with Gasteiger partial charge >= 0.3 is 18.3 Å². The van der Waals surface area contributed by atoms with E-state index in [1.807, 2.05) is 31.2 Å². The van der Waals surface area contributed by atoms with Crippen molar-refractivity contribution in [1.82, 2.24) is 10.8 Å². The van der Waals surface area contributed by atoms with E-state index in [0.29, 0.717) is 37.9 Å². The lowest BCUT2D eigenvalue weighted by molar-refractivity contribution is -0.167. The molecule has 2 fully saturated rings. The van der Waals surface area contributed by atoms with Crippen LogP contribution in [-0.2, 0) is 26.7 Å². The van der Waals surface area contributed by atoms with Crippen LogP contribution in [0.25, 0.3) is 0 Å². The summed E-state index contributed by atoms with van der Waals surface area (Å²) in [6.07, 6.45) is -0.817. The van der Waals surface area contributed by atoms with Gasteiger partial charge in [-0.2, -0.15) is 26.3 Å². The van der Waals surface area contributed by atoms with E-state index in [1.165, 1.54) is 6.92 Å². The summed E-state index contributed by atoms with van der Waals surface area (Å²) in [6, 6.07) is 1.54. The maximum atomic E-state index is 13.4. The molecule has 37 heavy (non-hydrogen) atoms. The summed E-state index contributed by atoms with van der Waals surface area (Å²) >= 11 is 0. The first-order valence-electron chi connectivity index (χ1n) is 12.2. The summed E-state index contributed by atoms with van der Waals surface area (Å²) in [4.78, 5) is 16.6. The molecule has 11 heteroatoms. The van der Waals surface area contributed by atoms with Crippen molar-refractivity contribution >= 4 is 5.97 Å². The average molecular weight is 533 g/mol. The lowest BCUT2D eigenvalue weighted by Gasteiger charge is -2.52. The Kier molecular flexibility index (Phi) is 7.53. The molecule has 1 aromatic carbocycles. The molecule has 0 amide bonds. The minimum atomic E-state index is -4.93. The zero-order chi connectivity index (χ0) is 27.1. The Bertz CT molecular complexity index is 1010. The number of hydrogen-bond acceptors (Lipinski definition) is 5. The van der Waals surface area contributed by atoms with Crippen molar-refractivity contribution in [2.75, 3.05) is 13.2 Å². The molecule has 4 rings (SSSR count). The van der Waals surface area contributed by atoms with E-state index in [2.05, 4.69) is 10.8 Å². The average Bonchev–Trinajstić information content (AvgIpc) is 2.85. The van der Waals surface area contributed by atoms with Gasteiger partial charge in [-0.1, -0.05) is 31.2 Å². The number of nitrogens with one attached hydrogen (secondary N) is 2. The molecule has 0 aromatic heterocycles. The smallest absolute Gasteiger partial charge is 0.372 e. The first-order chi connectivity index (χ1) is 17.2. The third-order valence-electron chi connectivity index (χ3n) is 7.74. The molecule has 1 spiro atoms. The first kappa shape index (κ1) is 27.7. The molecule has 2 aliphatic heterocycles. The highest BCUT2D eigenvalue weighted by atomic mass is 19.4. The molecule has 1 aromatic rings.